The van der Waals surface area contributed by atoms with Crippen LogP contribution < -0.4 is 11.0 Å². The number of esters is 1. The van der Waals surface area contributed by atoms with Gasteiger partial charge >= 0.3 is 11.7 Å². The molecule has 3 atom stereocenters. The van der Waals surface area contributed by atoms with Crippen LogP contribution in [0.3, 0.4) is 0 Å². The number of anilines is 1. The summed E-state index contributed by atoms with van der Waals surface area (Å²) in [6, 6.07) is 8.45. The van der Waals surface area contributed by atoms with E-state index in [4.69, 9.17) is 4.74 Å². The number of ether oxygens (including phenoxy) is 1. The number of nitrogens with zero attached hydrogens (tertiary/aromatic N) is 2. The molecule has 9 heteroatoms. The summed E-state index contributed by atoms with van der Waals surface area (Å²) >= 11 is 1.23. The maximum absolute atomic E-state index is 14.5. The number of carbonyl (C=O) groups is 2. The van der Waals surface area contributed by atoms with Crippen LogP contribution in [0.15, 0.2) is 41.3 Å². The van der Waals surface area contributed by atoms with Gasteiger partial charge in [-0.3, -0.25) is 9.36 Å². The van der Waals surface area contributed by atoms with Gasteiger partial charge in [0.2, 0.25) is 5.91 Å². The largest absolute Gasteiger partial charge is 0.461 e. The van der Waals surface area contributed by atoms with E-state index in [1.54, 1.807) is 12.1 Å². The Morgan fingerprint density at radius 2 is 2.04 bits per heavy atom. The zero-order valence-corrected chi connectivity index (χ0v) is 16.2. The highest BCUT2D eigenvalue weighted by atomic mass is 32.2. The van der Waals surface area contributed by atoms with Crippen LogP contribution in [0.2, 0.25) is 0 Å². The average molecular weight is 405 g/mol. The summed E-state index contributed by atoms with van der Waals surface area (Å²) in [5, 5.41) is 1.39. The molecule has 1 amide bonds. The molecule has 0 bridgehead atoms. The van der Waals surface area contributed by atoms with Crippen LogP contribution in [0.1, 0.15) is 34.6 Å². The first-order valence-electron chi connectivity index (χ1n) is 8.73. The smallest absolute Gasteiger partial charge is 0.350 e. The summed E-state index contributed by atoms with van der Waals surface area (Å²) in [4.78, 5) is 39.1. The van der Waals surface area contributed by atoms with Crippen LogP contribution >= 0.6 is 11.8 Å². The molecular weight excluding hydrogens is 385 g/mol. The van der Waals surface area contributed by atoms with Crippen LogP contribution in [-0.2, 0) is 9.53 Å². The molecule has 0 saturated carbocycles. The van der Waals surface area contributed by atoms with Crippen molar-refractivity contribution in [2.75, 3.05) is 11.9 Å². The minimum absolute atomic E-state index is 0.0560. The van der Waals surface area contributed by atoms with Gasteiger partial charge in [0.15, 0.2) is 0 Å². The van der Waals surface area contributed by atoms with Crippen LogP contribution in [0.4, 0.5) is 10.2 Å². The van der Waals surface area contributed by atoms with Gasteiger partial charge in [-0.1, -0.05) is 17.7 Å². The lowest BCUT2D eigenvalue weighted by molar-refractivity contribution is -0.114. The molecule has 28 heavy (non-hydrogen) atoms. The molecule has 1 aromatic carbocycles. The molecule has 0 spiro atoms. The number of aryl methyl sites for hydroxylation is 1. The van der Waals surface area contributed by atoms with Crippen molar-refractivity contribution in [3.8, 4) is 0 Å². The Morgan fingerprint density at radius 3 is 2.68 bits per heavy atom. The van der Waals surface area contributed by atoms with Crippen LogP contribution in [-0.4, -0.2) is 39.5 Å². The third-order valence-electron chi connectivity index (χ3n) is 4.23. The van der Waals surface area contributed by atoms with E-state index in [1.807, 2.05) is 19.1 Å². The number of hydrogen-bond donors (Lipinski definition) is 1. The third kappa shape index (κ3) is 4.78. The topological polar surface area (TPSA) is 90.3 Å². The van der Waals surface area contributed by atoms with E-state index in [0.717, 1.165) is 5.56 Å². The quantitative estimate of drug-likeness (QED) is 0.770. The fourth-order valence-corrected chi connectivity index (χ4v) is 4.26. The van der Waals surface area contributed by atoms with E-state index >= 15 is 0 Å². The van der Waals surface area contributed by atoms with Crippen molar-refractivity contribution in [3.05, 3.63) is 58.1 Å². The van der Waals surface area contributed by atoms with Crippen molar-refractivity contribution in [2.45, 2.75) is 37.1 Å². The number of carbonyl (C=O) groups excluding carboxylic acids is 2. The van der Waals surface area contributed by atoms with E-state index in [9.17, 15) is 18.8 Å². The molecule has 1 fully saturated rings. The lowest BCUT2D eigenvalue weighted by Crippen LogP contribution is -2.28. The lowest BCUT2D eigenvalue weighted by Gasteiger charge is -2.15. The Bertz CT molecular complexity index is 932. The molecular formula is C19H20FN3O4S. The summed E-state index contributed by atoms with van der Waals surface area (Å²) in [6.07, 6.45) is 0.293. The standard InChI is InChI=1S/C19H20FN3O4S/c1-11-3-5-13(6-4-11)18(25)27-10-14-9-15(20)17(28-14)23-8-7-16(21-12(2)24)22-19(23)26/h3-8,14-15,17H,9-10H2,1-2H3,(H,21,22,24,26)/t14-,15-,17+/m0/s1. The Morgan fingerprint density at radius 1 is 1.32 bits per heavy atom. The molecule has 0 radical (unpaired) electrons. The van der Waals surface area contributed by atoms with E-state index in [0.29, 0.717) is 5.56 Å². The Balaban J connectivity index is 1.61. The van der Waals surface area contributed by atoms with Gasteiger partial charge in [-0.25, -0.2) is 14.0 Å². The molecule has 2 heterocycles. The molecule has 2 aromatic rings. The zero-order chi connectivity index (χ0) is 20.3. The zero-order valence-electron chi connectivity index (χ0n) is 15.4. The number of alkyl halides is 1. The highest BCUT2D eigenvalue weighted by Gasteiger charge is 2.37. The molecule has 3 rings (SSSR count). The summed E-state index contributed by atoms with van der Waals surface area (Å²) < 4.78 is 21.0. The van der Waals surface area contributed by atoms with Gasteiger partial charge in [-0.2, -0.15) is 4.98 Å². The van der Waals surface area contributed by atoms with E-state index in [2.05, 4.69) is 10.3 Å². The number of hydrogen-bond acceptors (Lipinski definition) is 6. The van der Waals surface area contributed by atoms with Crippen molar-refractivity contribution in [3.63, 3.8) is 0 Å². The van der Waals surface area contributed by atoms with Crippen LogP contribution in [0.25, 0.3) is 0 Å². The minimum atomic E-state index is -1.28. The van der Waals surface area contributed by atoms with Crippen molar-refractivity contribution in [2.24, 2.45) is 0 Å². The second-order valence-corrected chi connectivity index (χ2v) is 7.97. The maximum Gasteiger partial charge on any atom is 0.350 e. The van der Waals surface area contributed by atoms with Gasteiger partial charge in [0.05, 0.1) is 5.56 Å². The lowest BCUT2D eigenvalue weighted by atomic mass is 10.1. The van der Waals surface area contributed by atoms with Crippen LogP contribution in [0.5, 0.6) is 0 Å². The minimum Gasteiger partial charge on any atom is -0.461 e. The van der Waals surface area contributed by atoms with Crippen molar-refractivity contribution < 1.29 is 18.7 Å². The number of aromatic nitrogens is 2. The fourth-order valence-electron chi connectivity index (χ4n) is 2.85. The fraction of sp³-hybridized carbons (Fsp3) is 0.368. The van der Waals surface area contributed by atoms with E-state index in [-0.39, 0.29) is 30.0 Å². The molecule has 1 saturated heterocycles. The monoisotopic (exact) mass is 405 g/mol. The molecule has 1 aromatic heterocycles. The first-order chi connectivity index (χ1) is 13.3. The number of nitrogens with one attached hydrogen (secondary N) is 1. The second kappa shape index (κ2) is 8.55. The van der Waals surface area contributed by atoms with Gasteiger partial charge in [-0.15, -0.1) is 11.8 Å². The van der Waals surface area contributed by atoms with Gasteiger partial charge in [0.25, 0.3) is 0 Å². The average Bonchev–Trinajstić information content (AvgIpc) is 3.00. The second-order valence-electron chi connectivity index (χ2n) is 6.55. The molecule has 0 unspecified atom stereocenters. The highest BCUT2D eigenvalue weighted by molar-refractivity contribution is 8.00. The third-order valence-corrected chi connectivity index (χ3v) is 5.74. The molecule has 148 valence electrons. The number of amides is 1. The summed E-state index contributed by atoms with van der Waals surface area (Å²) in [5.41, 5.74) is 0.828. The number of rotatable bonds is 5. The first kappa shape index (κ1) is 20.1. The van der Waals surface area contributed by atoms with Crippen LogP contribution in [0, 0.1) is 6.92 Å². The normalized spacial score (nSPS) is 21.3. The molecule has 0 aliphatic carbocycles. The molecule has 7 nitrogen and oxygen atoms in total. The predicted octanol–water partition coefficient (Wildman–Crippen LogP) is 2.71. The summed E-state index contributed by atoms with van der Waals surface area (Å²) in [5.74, 6) is -0.688. The first-order valence-corrected chi connectivity index (χ1v) is 9.68. The predicted molar refractivity (Wildman–Crippen MR) is 104 cm³/mol. The maximum atomic E-state index is 14.5. The molecule has 1 aliphatic heterocycles. The van der Waals surface area contributed by atoms with E-state index in [1.165, 1.54) is 35.5 Å². The van der Waals surface area contributed by atoms with Crippen molar-refractivity contribution in [1.29, 1.82) is 0 Å². The molecule has 1 aliphatic rings. The number of benzene rings is 1. The Labute approximate surface area is 165 Å². The summed E-state index contributed by atoms with van der Waals surface area (Å²) in [6.45, 7) is 3.28. The Kier molecular flexibility index (Phi) is 6.13. The van der Waals surface area contributed by atoms with Gasteiger partial charge in [0, 0.05) is 18.4 Å². The van der Waals surface area contributed by atoms with Crippen molar-refractivity contribution in [1.82, 2.24) is 9.55 Å². The SMILES string of the molecule is CC(=O)Nc1ccn([C@@H]2S[C@H](COC(=O)c3ccc(C)cc3)C[C@@H]2F)c(=O)n1. The van der Waals surface area contributed by atoms with E-state index < -0.39 is 23.2 Å². The van der Waals surface area contributed by atoms with Gasteiger partial charge in [0.1, 0.15) is 24.0 Å². The van der Waals surface area contributed by atoms with Gasteiger partial charge < -0.3 is 10.1 Å². The number of halogens is 1. The van der Waals surface area contributed by atoms with Gasteiger partial charge in [-0.05, 0) is 31.5 Å². The molecule has 1 N–H and O–H groups in total. The Hall–Kier alpha value is -2.68. The highest BCUT2D eigenvalue weighted by Crippen LogP contribution is 2.42. The number of thioether (sulfide) groups is 1. The van der Waals surface area contributed by atoms with Crippen molar-refractivity contribution >= 4 is 29.5 Å². The summed E-state index contributed by atoms with van der Waals surface area (Å²) in [7, 11) is 0.